The van der Waals surface area contributed by atoms with Crippen molar-refractivity contribution in [2.45, 2.75) is 83.1 Å². The predicted octanol–water partition coefficient (Wildman–Crippen LogP) is 3.61. The first kappa shape index (κ1) is 34.6. The fourth-order valence-corrected chi connectivity index (χ4v) is 4.83. The number of ether oxygens (including phenoxy) is 1. The van der Waals surface area contributed by atoms with Crippen molar-refractivity contribution in [3.63, 3.8) is 0 Å². The van der Waals surface area contributed by atoms with E-state index in [-0.39, 0.29) is 24.7 Å². The molecule has 2 atom stereocenters. The second-order valence-electron chi connectivity index (χ2n) is 10.5. The fourth-order valence-electron chi connectivity index (χ4n) is 3.13. The Labute approximate surface area is 225 Å². The first-order chi connectivity index (χ1) is 16.9. The van der Waals surface area contributed by atoms with Crippen molar-refractivity contribution in [3.05, 3.63) is 31.3 Å². The highest BCUT2D eigenvalue weighted by atomic mass is 32.2. The Kier molecular flexibility index (Phi) is 14.8. The summed E-state index contributed by atoms with van der Waals surface area (Å²) in [5.74, 6) is 0.158. The predicted molar refractivity (Wildman–Crippen MR) is 140 cm³/mol. The lowest BCUT2D eigenvalue weighted by molar-refractivity contribution is -0.768. The number of rotatable bonds is 15. The summed E-state index contributed by atoms with van der Waals surface area (Å²) in [7, 11) is 1.48. The van der Waals surface area contributed by atoms with E-state index in [9.17, 15) is 25.1 Å². The minimum absolute atomic E-state index is 0.0913. The minimum atomic E-state index is -0.825. The maximum absolute atomic E-state index is 11.3. The van der Waals surface area contributed by atoms with Crippen LogP contribution in [-0.4, -0.2) is 79.3 Å². The largest absolute Gasteiger partial charge is 0.382 e. The summed E-state index contributed by atoms with van der Waals surface area (Å²) in [5.41, 5.74) is -1.36. The van der Waals surface area contributed by atoms with Gasteiger partial charge in [0.15, 0.2) is 0 Å². The van der Waals surface area contributed by atoms with Crippen LogP contribution >= 0.6 is 23.5 Å². The molecule has 0 saturated carbocycles. The number of nitroso groups, excluding NO2 is 1. The lowest BCUT2D eigenvalue weighted by atomic mass is 9.85. The molecule has 1 aromatic rings. The van der Waals surface area contributed by atoms with Crippen LogP contribution in [0.1, 0.15) is 55.4 Å². The molecule has 0 amide bonds. The van der Waals surface area contributed by atoms with Gasteiger partial charge < -0.3 is 19.7 Å². The molecule has 1 rings (SSSR count). The van der Waals surface area contributed by atoms with Crippen molar-refractivity contribution >= 4 is 23.5 Å². The van der Waals surface area contributed by atoms with E-state index in [1.165, 1.54) is 23.9 Å². The summed E-state index contributed by atoms with van der Waals surface area (Å²) < 4.78 is 12.8. The van der Waals surface area contributed by atoms with Gasteiger partial charge in [0.05, 0.1) is 40.9 Å². The molecule has 0 aromatic carbocycles. The summed E-state index contributed by atoms with van der Waals surface area (Å²) >= 11 is 2.51. The topological polar surface area (TPSA) is 184 Å². The van der Waals surface area contributed by atoms with Crippen LogP contribution in [0.15, 0.2) is 16.5 Å². The SMILES string of the molecule is CC(C)(C)N(N=O)C(C)(C)C(CO[N+](=O)[O-])CSc1cnsn1.COC[C@H](CNC(C)(C)C)O[N+](=O)[O-]. The third-order valence-electron chi connectivity index (χ3n) is 4.86. The van der Waals surface area contributed by atoms with E-state index in [0.29, 0.717) is 12.3 Å². The number of aromatic nitrogens is 2. The van der Waals surface area contributed by atoms with Gasteiger partial charge in [0.2, 0.25) is 0 Å². The third kappa shape index (κ3) is 14.8. The van der Waals surface area contributed by atoms with E-state index in [1.54, 1.807) is 6.20 Å². The summed E-state index contributed by atoms with van der Waals surface area (Å²) in [5, 5.41) is 27.5. The van der Waals surface area contributed by atoms with E-state index >= 15 is 0 Å². The molecule has 1 unspecified atom stereocenters. The van der Waals surface area contributed by atoms with Crippen LogP contribution in [0.25, 0.3) is 0 Å². The third-order valence-corrected chi connectivity index (χ3v) is 6.52. The highest BCUT2D eigenvalue weighted by Crippen LogP contribution is 2.35. The molecular formula is C20H39N7O8S2. The zero-order valence-corrected chi connectivity index (χ0v) is 24.5. The van der Waals surface area contributed by atoms with Crippen LogP contribution in [0, 0.1) is 31.1 Å². The van der Waals surface area contributed by atoms with E-state index in [1.807, 2.05) is 55.4 Å². The standard InChI is InChI=1S/C12H21N5O4S2.C8H18N2O4/c1-11(2,3)16(15-18)12(4,5)9(7-21-17(19)20)8-22-10-6-13-23-14-10;1-8(2,3)9-5-7(6-13-4)14-10(11)12/h6,9H,7-8H2,1-5H3;7,9H,5-6H2,1-4H3/t;7-/m.0/s1. The Balaban J connectivity index is 0.000000795. The van der Waals surface area contributed by atoms with E-state index in [4.69, 9.17) is 4.74 Å². The first-order valence-electron chi connectivity index (χ1n) is 11.3. The molecule has 214 valence electrons. The van der Waals surface area contributed by atoms with Gasteiger partial charge in [0.1, 0.15) is 17.7 Å². The summed E-state index contributed by atoms with van der Waals surface area (Å²) in [6, 6.07) is 0. The maximum Gasteiger partial charge on any atom is 0.294 e. The number of hydrogen-bond donors (Lipinski definition) is 1. The van der Waals surface area contributed by atoms with Crippen molar-refractivity contribution in [1.82, 2.24) is 19.1 Å². The van der Waals surface area contributed by atoms with Gasteiger partial charge in [0.25, 0.3) is 10.2 Å². The number of nitrogens with zero attached hydrogens (tertiary/aromatic N) is 6. The molecule has 0 radical (unpaired) electrons. The van der Waals surface area contributed by atoms with Crippen LogP contribution in [0.5, 0.6) is 0 Å². The molecule has 15 nitrogen and oxygen atoms in total. The van der Waals surface area contributed by atoms with Crippen LogP contribution < -0.4 is 5.32 Å². The zero-order chi connectivity index (χ0) is 28.9. The fraction of sp³-hybridized carbons (Fsp3) is 0.900. The first-order valence-corrected chi connectivity index (χ1v) is 13.0. The van der Waals surface area contributed by atoms with Crippen molar-refractivity contribution < 1.29 is 24.6 Å². The van der Waals surface area contributed by atoms with Gasteiger partial charge in [-0.05, 0) is 55.4 Å². The van der Waals surface area contributed by atoms with Crippen LogP contribution in [0.4, 0.5) is 0 Å². The molecule has 0 aliphatic carbocycles. The lowest BCUT2D eigenvalue weighted by Crippen LogP contribution is -2.56. The molecule has 0 aliphatic rings. The van der Waals surface area contributed by atoms with Gasteiger partial charge in [-0.1, -0.05) is 0 Å². The number of thioether (sulfide) groups is 1. The number of nitrogens with one attached hydrogen (secondary N) is 1. The van der Waals surface area contributed by atoms with Crippen molar-refractivity contribution in [1.29, 1.82) is 0 Å². The number of methoxy groups -OCH3 is 1. The summed E-state index contributed by atoms with van der Waals surface area (Å²) in [6.07, 6.45) is 1.07. The highest BCUT2D eigenvalue weighted by molar-refractivity contribution is 7.99. The normalized spacial score (nSPS) is 13.5. The molecule has 0 saturated heterocycles. The van der Waals surface area contributed by atoms with Gasteiger partial charge in [0, 0.05) is 30.9 Å². The quantitative estimate of drug-likeness (QED) is 0.140. The lowest BCUT2D eigenvalue weighted by Gasteiger charge is -2.46. The number of hydrogen-bond acceptors (Lipinski definition) is 14. The van der Waals surface area contributed by atoms with E-state index in [0.717, 1.165) is 16.8 Å². The smallest absolute Gasteiger partial charge is 0.294 e. The Bertz CT molecular complexity index is 817. The Hall–Kier alpha value is -2.37. The molecule has 17 heteroatoms. The van der Waals surface area contributed by atoms with Gasteiger partial charge in [-0.3, -0.25) is 0 Å². The van der Waals surface area contributed by atoms with Crippen LogP contribution in [0.3, 0.4) is 0 Å². The molecule has 1 heterocycles. The average Bonchev–Trinajstić information content (AvgIpc) is 3.24. The van der Waals surface area contributed by atoms with Crippen molar-refractivity contribution in [2.75, 3.05) is 32.6 Å². The van der Waals surface area contributed by atoms with Gasteiger partial charge in [-0.25, -0.2) is 5.01 Å². The Morgan fingerprint density at radius 3 is 2.16 bits per heavy atom. The molecule has 0 aliphatic heterocycles. The zero-order valence-electron chi connectivity index (χ0n) is 22.8. The minimum Gasteiger partial charge on any atom is -0.382 e. The molecule has 37 heavy (non-hydrogen) atoms. The van der Waals surface area contributed by atoms with Crippen LogP contribution in [0.2, 0.25) is 0 Å². The van der Waals surface area contributed by atoms with Crippen LogP contribution in [-0.2, 0) is 14.4 Å². The average molecular weight is 570 g/mol. The maximum atomic E-state index is 11.3. The second-order valence-corrected chi connectivity index (χ2v) is 12.1. The Morgan fingerprint density at radius 1 is 1.14 bits per heavy atom. The van der Waals surface area contributed by atoms with E-state index in [2.05, 4.69) is 29.0 Å². The molecule has 1 aromatic heterocycles. The van der Waals surface area contributed by atoms with Crippen molar-refractivity contribution in [2.24, 2.45) is 11.2 Å². The van der Waals surface area contributed by atoms with Gasteiger partial charge >= 0.3 is 0 Å². The van der Waals surface area contributed by atoms with Gasteiger partial charge in [-0.2, -0.15) is 8.75 Å². The van der Waals surface area contributed by atoms with Crippen molar-refractivity contribution in [3.8, 4) is 0 Å². The van der Waals surface area contributed by atoms with E-state index < -0.39 is 27.4 Å². The molecule has 0 spiro atoms. The molecule has 1 N–H and O–H groups in total. The Morgan fingerprint density at radius 2 is 1.76 bits per heavy atom. The molecule has 0 bridgehead atoms. The molecular weight excluding hydrogens is 530 g/mol. The monoisotopic (exact) mass is 569 g/mol. The van der Waals surface area contributed by atoms with Gasteiger partial charge in [-0.15, -0.1) is 36.9 Å². The second kappa shape index (κ2) is 15.8. The summed E-state index contributed by atoms with van der Waals surface area (Å²) in [4.78, 5) is 41.0. The highest BCUT2D eigenvalue weighted by Gasteiger charge is 2.42. The molecule has 0 fully saturated rings. The summed E-state index contributed by atoms with van der Waals surface area (Å²) in [6.45, 7) is 15.6.